The first-order valence-corrected chi connectivity index (χ1v) is 7.95. The van der Waals surface area contributed by atoms with E-state index in [1.807, 2.05) is 0 Å². The highest BCUT2D eigenvalue weighted by Gasteiger charge is 2.22. The van der Waals surface area contributed by atoms with E-state index in [9.17, 15) is 4.79 Å². The van der Waals surface area contributed by atoms with E-state index in [1.54, 1.807) is 16.3 Å². The Kier molecular flexibility index (Phi) is 5.05. The molecule has 0 saturated carbocycles. The zero-order valence-corrected chi connectivity index (χ0v) is 12.5. The molecule has 0 spiro atoms. The summed E-state index contributed by atoms with van der Waals surface area (Å²) in [4.78, 5) is 16.4. The Labute approximate surface area is 118 Å². The van der Waals surface area contributed by atoms with Crippen LogP contribution in [-0.4, -0.2) is 26.5 Å². The number of aliphatic hydroxyl groups is 1. The molecule has 1 unspecified atom stereocenters. The van der Waals surface area contributed by atoms with Crippen molar-refractivity contribution in [3.63, 3.8) is 0 Å². The lowest BCUT2D eigenvalue weighted by Crippen LogP contribution is -2.28. The predicted molar refractivity (Wildman–Crippen MR) is 77.8 cm³/mol. The summed E-state index contributed by atoms with van der Waals surface area (Å²) in [5, 5.41) is 10.4. The molecule has 0 aromatic carbocycles. The Morgan fingerprint density at radius 3 is 2.95 bits per heavy atom. The van der Waals surface area contributed by atoms with E-state index in [-0.39, 0.29) is 12.3 Å². The maximum atomic E-state index is 12.1. The molecular weight excluding hydrogens is 260 g/mol. The molecule has 106 valence electrons. The number of fused-ring (bicyclic) bond motifs is 1. The van der Waals surface area contributed by atoms with Gasteiger partial charge in [-0.25, -0.2) is 4.79 Å². The van der Waals surface area contributed by atoms with Gasteiger partial charge >= 0.3 is 5.69 Å². The van der Waals surface area contributed by atoms with Gasteiger partial charge in [0, 0.05) is 29.7 Å². The molecule has 0 amide bonds. The quantitative estimate of drug-likeness (QED) is 0.640. The Bertz CT molecular complexity index is 499. The Balaban J connectivity index is 2.36. The van der Waals surface area contributed by atoms with E-state index >= 15 is 0 Å². The minimum Gasteiger partial charge on any atom is -0.396 e. The normalized spacial score (nSPS) is 15.5. The Morgan fingerprint density at radius 2 is 2.26 bits per heavy atom. The first kappa shape index (κ1) is 14.6. The molecule has 19 heavy (non-hydrogen) atoms. The van der Waals surface area contributed by atoms with Crippen LogP contribution in [0.4, 0.5) is 0 Å². The molecule has 4 nitrogen and oxygen atoms in total. The molecule has 1 aromatic heterocycles. The van der Waals surface area contributed by atoms with Crippen LogP contribution in [-0.2, 0) is 19.4 Å². The average Bonchev–Trinajstić information content (AvgIpc) is 2.87. The highest BCUT2D eigenvalue weighted by molar-refractivity contribution is 7.99. The van der Waals surface area contributed by atoms with Gasteiger partial charge in [0.2, 0.25) is 0 Å². The van der Waals surface area contributed by atoms with Gasteiger partial charge in [0.05, 0.1) is 0 Å². The van der Waals surface area contributed by atoms with E-state index in [1.165, 1.54) is 5.56 Å². The summed E-state index contributed by atoms with van der Waals surface area (Å²) < 4.78 is 1.76. The van der Waals surface area contributed by atoms with Crippen molar-refractivity contribution in [1.82, 2.24) is 9.55 Å². The number of nitrogens with zero attached hydrogens (tertiary/aromatic N) is 2. The third kappa shape index (κ3) is 3.20. The maximum Gasteiger partial charge on any atom is 0.348 e. The van der Waals surface area contributed by atoms with Gasteiger partial charge < -0.3 is 5.11 Å². The first-order valence-electron chi connectivity index (χ1n) is 7.07. The largest absolute Gasteiger partial charge is 0.396 e. The van der Waals surface area contributed by atoms with Gasteiger partial charge in [0.1, 0.15) is 5.03 Å². The topological polar surface area (TPSA) is 55.1 Å². The summed E-state index contributed by atoms with van der Waals surface area (Å²) >= 11 is 1.72. The number of aliphatic hydroxyl groups excluding tert-OH is 1. The molecule has 1 aliphatic carbocycles. The zero-order valence-electron chi connectivity index (χ0n) is 11.7. The Morgan fingerprint density at radius 1 is 1.47 bits per heavy atom. The van der Waals surface area contributed by atoms with Crippen molar-refractivity contribution in [1.29, 1.82) is 0 Å². The van der Waals surface area contributed by atoms with Gasteiger partial charge in [-0.15, -0.1) is 11.8 Å². The molecule has 0 fully saturated rings. The number of hydrogen-bond donors (Lipinski definition) is 1. The van der Waals surface area contributed by atoms with E-state index in [0.717, 1.165) is 36.4 Å². The molecule has 1 N–H and O–H groups in total. The summed E-state index contributed by atoms with van der Waals surface area (Å²) in [5.41, 5.74) is 2.27. The van der Waals surface area contributed by atoms with E-state index in [2.05, 4.69) is 18.8 Å². The van der Waals surface area contributed by atoms with Crippen LogP contribution in [0.1, 0.15) is 44.4 Å². The fraction of sp³-hybridized carbons (Fsp3) is 0.714. The van der Waals surface area contributed by atoms with Crippen molar-refractivity contribution in [2.24, 2.45) is 0 Å². The monoisotopic (exact) mass is 282 g/mol. The van der Waals surface area contributed by atoms with Crippen LogP contribution in [0.3, 0.4) is 0 Å². The molecule has 0 aliphatic heterocycles. The molecule has 1 aliphatic rings. The van der Waals surface area contributed by atoms with Crippen molar-refractivity contribution in [3.8, 4) is 0 Å². The van der Waals surface area contributed by atoms with Gasteiger partial charge in [-0.2, -0.15) is 4.98 Å². The van der Waals surface area contributed by atoms with Crippen LogP contribution < -0.4 is 5.69 Å². The highest BCUT2D eigenvalue weighted by Crippen LogP contribution is 2.32. The molecule has 0 saturated heterocycles. The van der Waals surface area contributed by atoms with Gasteiger partial charge in [0.25, 0.3) is 0 Å². The Hall–Kier alpha value is -0.810. The van der Waals surface area contributed by atoms with Crippen LogP contribution in [0.15, 0.2) is 9.82 Å². The summed E-state index contributed by atoms with van der Waals surface area (Å²) in [6, 6.07) is 0. The molecule has 1 heterocycles. The third-order valence-corrected chi connectivity index (χ3v) is 4.92. The van der Waals surface area contributed by atoms with Crippen molar-refractivity contribution < 1.29 is 5.11 Å². The van der Waals surface area contributed by atoms with Crippen LogP contribution in [0.5, 0.6) is 0 Å². The average molecular weight is 282 g/mol. The number of thioether (sulfide) groups is 1. The van der Waals surface area contributed by atoms with Gasteiger partial charge in [-0.1, -0.05) is 13.8 Å². The number of rotatable bonds is 6. The fourth-order valence-electron chi connectivity index (χ4n) is 2.42. The second kappa shape index (κ2) is 6.57. The standard InChI is InChI=1S/C14H22N2O2S/c1-3-10(2)19-13-11-6-4-7-12(11)16(8-5-9-17)14(18)15-13/h10,17H,3-9H2,1-2H3. The van der Waals surface area contributed by atoms with E-state index in [4.69, 9.17) is 5.11 Å². The maximum absolute atomic E-state index is 12.1. The second-order valence-corrected chi connectivity index (χ2v) is 6.47. The van der Waals surface area contributed by atoms with Gasteiger partial charge in [-0.05, 0) is 32.1 Å². The SMILES string of the molecule is CCC(C)Sc1nc(=O)n(CCCO)c2c1CCC2. The predicted octanol–water partition coefficient (Wildman–Crippen LogP) is 2.00. The second-order valence-electron chi connectivity index (χ2n) is 5.04. The van der Waals surface area contributed by atoms with Crippen molar-refractivity contribution in [2.75, 3.05) is 6.61 Å². The zero-order chi connectivity index (χ0) is 13.8. The smallest absolute Gasteiger partial charge is 0.348 e. The van der Waals surface area contributed by atoms with Gasteiger partial charge in [-0.3, -0.25) is 4.57 Å². The summed E-state index contributed by atoms with van der Waals surface area (Å²) in [5.74, 6) is 0. The number of hydrogen-bond acceptors (Lipinski definition) is 4. The van der Waals surface area contributed by atoms with E-state index < -0.39 is 0 Å². The molecule has 1 aromatic rings. The number of aromatic nitrogens is 2. The minimum absolute atomic E-state index is 0.116. The lowest BCUT2D eigenvalue weighted by molar-refractivity contribution is 0.277. The van der Waals surface area contributed by atoms with Gasteiger partial charge in [0.15, 0.2) is 0 Å². The van der Waals surface area contributed by atoms with Crippen LogP contribution in [0.2, 0.25) is 0 Å². The molecule has 2 rings (SSSR count). The fourth-order valence-corrected chi connectivity index (χ4v) is 3.46. The summed E-state index contributed by atoms with van der Waals surface area (Å²) in [6.45, 7) is 5.02. The first-order chi connectivity index (χ1) is 9.17. The highest BCUT2D eigenvalue weighted by atomic mass is 32.2. The molecule has 0 bridgehead atoms. The van der Waals surface area contributed by atoms with Crippen molar-refractivity contribution in [2.45, 2.75) is 62.8 Å². The molecule has 0 radical (unpaired) electrons. The third-order valence-electron chi connectivity index (χ3n) is 3.63. The lowest BCUT2D eigenvalue weighted by atomic mass is 10.2. The lowest BCUT2D eigenvalue weighted by Gasteiger charge is -2.15. The van der Waals surface area contributed by atoms with Crippen molar-refractivity contribution in [3.05, 3.63) is 21.7 Å². The molecule has 5 heteroatoms. The van der Waals surface area contributed by atoms with Crippen LogP contribution >= 0.6 is 11.8 Å². The molecular formula is C14H22N2O2S. The van der Waals surface area contributed by atoms with Crippen molar-refractivity contribution >= 4 is 11.8 Å². The minimum atomic E-state index is -0.153. The van der Waals surface area contributed by atoms with E-state index in [0.29, 0.717) is 18.2 Å². The van der Waals surface area contributed by atoms with Crippen LogP contribution in [0.25, 0.3) is 0 Å². The molecule has 1 atom stereocenters. The summed E-state index contributed by atoms with van der Waals surface area (Å²) in [7, 11) is 0. The van der Waals surface area contributed by atoms with Crippen LogP contribution in [0, 0.1) is 0 Å². The summed E-state index contributed by atoms with van der Waals surface area (Å²) in [6.07, 6.45) is 4.79.